The number of nitrogens with one attached hydrogen (secondary N) is 1. The second kappa shape index (κ2) is 9.84. The monoisotopic (exact) mass is 500 g/mol. The summed E-state index contributed by atoms with van der Waals surface area (Å²) in [4.78, 5) is 38.3. The van der Waals surface area contributed by atoms with Gasteiger partial charge in [0.2, 0.25) is 0 Å². The Balaban J connectivity index is 1.57. The van der Waals surface area contributed by atoms with Gasteiger partial charge < -0.3 is 15.0 Å². The van der Waals surface area contributed by atoms with Gasteiger partial charge in [-0.2, -0.15) is 18.3 Å². The first-order valence-corrected chi connectivity index (χ1v) is 11.1. The van der Waals surface area contributed by atoms with Gasteiger partial charge in [-0.25, -0.2) is 9.48 Å². The van der Waals surface area contributed by atoms with Crippen molar-refractivity contribution in [1.29, 1.82) is 0 Å². The number of amides is 1. The van der Waals surface area contributed by atoms with Crippen LogP contribution >= 0.6 is 0 Å². The third-order valence-electron chi connectivity index (χ3n) is 5.98. The van der Waals surface area contributed by atoms with Gasteiger partial charge in [-0.15, -0.1) is 0 Å². The summed E-state index contributed by atoms with van der Waals surface area (Å²) < 4.78 is 45.6. The number of ether oxygens (including phenoxy) is 1. The van der Waals surface area contributed by atoms with E-state index in [0.29, 0.717) is 41.9 Å². The van der Waals surface area contributed by atoms with E-state index in [-0.39, 0.29) is 17.8 Å². The fraction of sp³-hybridized carbons (Fsp3) is 0.280. The van der Waals surface area contributed by atoms with Gasteiger partial charge in [0.05, 0.1) is 30.8 Å². The van der Waals surface area contributed by atoms with Crippen LogP contribution in [0.1, 0.15) is 60.9 Å². The standard InChI is InChI=1S/C25H23F3N4O4/c1-15(17-6-8-18(9-7-17)24(35)36-2)29-22(34)21-20(14-33)30-32-11-10-31(23(21)32)13-16-4-3-5-19(12-16)25(26,27)28/h3-9,12,14-15H,10-11,13H2,1-2H3,(H,29,34). The SMILES string of the molecule is COC(=O)c1ccc(C(C)NC(=O)c2c(C=O)nn3c2N(Cc2cccc(C(F)(F)F)c2)CC3)cc1. The maximum Gasteiger partial charge on any atom is 0.416 e. The molecular weight excluding hydrogens is 477 g/mol. The summed E-state index contributed by atoms with van der Waals surface area (Å²) in [5.41, 5.74) is 0.747. The van der Waals surface area contributed by atoms with Crippen LogP contribution in [-0.4, -0.2) is 41.6 Å². The first-order chi connectivity index (χ1) is 17.1. The van der Waals surface area contributed by atoms with Gasteiger partial charge in [0.1, 0.15) is 17.1 Å². The Morgan fingerprint density at radius 1 is 1.17 bits per heavy atom. The average Bonchev–Trinajstić information content (AvgIpc) is 3.42. The Morgan fingerprint density at radius 3 is 2.53 bits per heavy atom. The van der Waals surface area contributed by atoms with E-state index in [4.69, 9.17) is 0 Å². The van der Waals surface area contributed by atoms with E-state index >= 15 is 0 Å². The molecule has 36 heavy (non-hydrogen) atoms. The molecule has 1 unspecified atom stereocenters. The summed E-state index contributed by atoms with van der Waals surface area (Å²) >= 11 is 0. The fourth-order valence-corrected chi connectivity index (χ4v) is 4.17. The van der Waals surface area contributed by atoms with Crippen LogP contribution in [0.2, 0.25) is 0 Å². The van der Waals surface area contributed by atoms with Crippen LogP contribution in [-0.2, 0) is 24.0 Å². The van der Waals surface area contributed by atoms with Gasteiger partial charge in [-0.05, 0) is 42.3 Å². The molecule has 2 aromatic carbocycles. The highest BCUT2D eigenvalue weighted by Gasteiger charge is 2.33. The number of halogens is 3. The topological polar surface area (TPSA) is 93.5 Å². The summed E-state index contributed by atoms with van der Waals surface area (Å²) in [6.07, 6.45) is -3.98. The van der Waals surface area contributed by atoms with Crippen LogP contribution in [0.3, 0.4) is 0 Å². The van der Waals surface area contributed by atoms with Gasteiger partial charge in [0.25, 0.3) is 5.91 Å². The summed E-state index contributed by atoms with van der Waals surface area (Å²) in [5, 5.41) is 7.05. The van der Waals surface area contributed by atoms with Gasteiger partial charge in [0.15, 0.2) is 6.29 Å². The third kappa shape index (κ3) is 4.95. The number of alkyl halides is 3. The average molecular weight is 500 g/mol. The van der Waals surface area contributed by atoms with E-state index in [2.05, 4.69) is 15.2 Å². The van der Waals surface area contributed by atoms with E-state index in [9.17, 15) is 27.6 Å². The number of fused-ring (bicyclic) bond motifs is 1. The van der Waals surface area contributed by atoms with Crippen molar-refractivity contribution in [2.45, 2.75) is 32.2 Å². The third-order valence-corrected chi connectivity index (χ3v) is 5.98. The van der Waals surface area contributed by atoms with E-state index in [1.54, 1.807) is 42.2 Å². The lowest BCUT2D eigenvalue weighted by Crippen LogP contribution is -2.30. The van der Waals surface area contributed by atoms with E-state index < -0.39 is 29.7 Å². The summed E-state index contributed by atoms with van der Waals surface area (Å²) in [5.74, 6) is -0.649. The van der Waals surface area contributed by atoms with E-state index in [1.165, 1.54) is 17.9 Å². The number of hydrogen-bond acceptors (Lipinski definition) is 6. The number of carbonyl (C=O) groups is 3. The lowest BCUT2D eigenvalue weighted by atomic mass is 10.1. The molecule has 0 aliphatic carbocycles. The summed E-state index contributed by atoms with van der Waals surface area (Å²) in [6, 6.07) is 11.0. The van der Waals surface area contributed by atoms with Crippen molar-refractivity contribution in [2.24, 2.45) is 0 Å². The molecule has 0 saturated heterocycles. The van der Waals surface area contributed by atoms with Gasteiger partial charge in [-0.3, -0.25) is 9.59 Å². The van der Waals surface area contributed by atoms with Crippen molar-refractivity contribution in [3.8, 4) is 0 Å². The van der Waals surface area contributed by atoms with Crippen molar-refractivity contribution in [3.63, 3.8) is 0 Å². The first-order valence-electron chi connectivity index (χ1n) is 11.1. The number of aromatic nitrogens is 2. The molecule has 1 atom stereocenters. The molecule has 0 fully saturated rings. The molecule has 1 aliphatic heterocycles. The van der Waals surface area contributed by atoms with Crippen LogP contribution in [0, 0.1) is 0 Å². The second-order valence-corrected chi connectivity index (χ2v) is 8.35. The molecule has 0 bridgehead atoms. The number of rotatable bonds is 7. The number of aldehydes is 1. The van der Waals surface area contributed by atoms with Gasteiger partial charge in [-0.1, -0.05) is 24.3 Å². The Morgan fingerprint density at radius 2 is 1.89 bits per heavy atom. The summed E-state index contributed by atoms with van der Waals surface area (Å²) in [6.45, 7) is 2.66. The molecule has 0 radical (unpaired) electrons. The molecular formula is C25H23F3N4O4. The zero-order chi connectivity index (χ0) is 26.0. The number of benzene rings is 2. The minimum atomic E-state index is -4.47. The zero-order valence-corrected chi connectivity index (χ0v) is 19.5. The lowest BCUT2D eigenvalue weighted by Gasteiger charge is -2.21. The highest BCUT2D eigenvalue weighted by atomic mass is 19.4. The first kappa shape index (κ1) is 25.0. The maximum absolute atomic E-state index is 13.3. The molecule has 3 aromatic rings. The number of nitrogens with zero attached hydrogens (tertiary/aromatic N) is 3. The predicted octanol–water partition coefficient (Wildman–Crippen LogP) is 4.01. The molecule has 1 aliphatic rings. The molecule has 1 aromatic heterocycles. The van der Waals surface area contributed by atoms with E-state index in [1.807, 2.05) is 0 Å². The lowest BCUT2D eigenvalue weighted by molar-refractivity contribution is -0.137. The van der Waals surface area contributed by atoms with E-state index in [0.717, 1.165) is 12.1 Å². The van der Waals surface area contributed by atoms with Crippen LogP contribution in [0.15, 0.2) is 48.5 Å². The Hall–Kier alpha value is -4.15. The number of hydrogen-bond donors (Lipinski definition) is 1. The molecule has 188 valence electrons. The molecule has 2 heterocycles. The van der Waals surface area contributed by atoms with Crippen LogP contribution in [0.5, 0.6) is 0 Å². The van der Waals surface area contributed by atoms with Crippen LogP contribution in [0.4, 0.5) is 19.0 Å². The van der Waals surface area contributed by atoms with Crippen molar-refractivity contribution in [2.75, 3.05) is 18.6 Å². The number of methoxy groups -OCH3 is 1. The van der Waals surface area contributed by atoms with Crippen LogP contribution in [0.25, 0.3) is 0 Å². The number of carbonyl (C=O) groups excluding carboxylic acids is 3. The molecule has 4 rings (SSSR count). The highest BCUT2D eigenvalue weighted by Crippen LogP contribution is 2.33. The number of esters is 1. The minimum absolute atomic E-state index is 0.0514. The molecule has 1 N–H and O–H groups in total. The van der Waals surface area contributed by atoms with Crippen molar-refractivity contribution in [3.05, 3.63) is 82.0 Å². The minimum Gasteiger partial charge on any atom is -0.465 e. The molecule has 1 amide bonds. The summed E-state index contributed by atoms with van der Waals surface area (Å²) in [7, 11) is 1.28. The maximum atomic E-state index is 13.3. The van der Waals surface area contributed by atoms with Crippen molar-refractivity contribution < 1.29 is 32.3 Å². The largest absolute Gasteiger partial charge is 0.465 e. The highest BCUT2D eigenvalue weighted by molar-refractivity contribution is 6.05. The Kier molecular flexibility index (Phi) is 6.82. The molecule has 11 heteroatoms. The smallest absolute Gasteiger partial charge is 0.416 e. The van der Waals surface area contributed by atoms with Crippen molar-refractivity contribution >= 4 is 24.0 Å². The van der Waals surface area contributed by atoms with Crippen LogP contribution < -0.4 is 10.2 Å². The van der Waals surface area contributed by atoms with Gasteiger partial charge >= 0.3 is 12.1 Å². The normalized spacial score (nSPS) is 13.8. The fourth-order valence-electron chi connectivity index (χ4n) is 4.17. The quantitative estimate of drug-likeness (QED) is 0.389. The molecule has 0 spiro atoms. The predicted molar refractivity (Wildman–Crippen MR) is 124 cm³/mol. The molecule has 8 nitrogen and oxygen atoms in total. The Labute approximate surface area is 204 Å². The van der Waals surface area contributed by atoms with Gasteiger partial charge in [0, 0.05) is 13.1 Å². The molecule has 0 saturated carbocycles. The second-order valence-electron chi connectivity index (χ2n) is 8.35. The number of anilines is 1. The van der Waals surface area contributed by atoms with Crippen molar-refractivity contribution in [1.82, 2.24) is 15.1 Å². The zero-order valence-electron chi connectivity index (χ0n) is 19.5. The Bertz CT molecular complexity index is 1300.